The average molecular weight is 263 g/mol. The van der Waals surface area contributed by atoms with E-state index in [2.05, 4.69) is 31.2 Å². The van der Waals surface area contributed by atoms with Crippen LogP contribution in [-0.2, 0) is 6.42 Å². The van der Waals surface area contributed by atoms with Crippen molar-refractivity contribution in [2.45, 2.75) is 50.8 Å². The molecule has 0 N–H and O–H groups in total. The maximum absolute atomic E-state index is 6.60. The summed E-state index contributed by atoms with van der Waals surface area (Å²) in [6, 6.07) is 8.66. The Morgan fingerprint density at radius 3 is 2.72 bits per heavy atom. The number of alkyl halides is 1. The number of hydrogen-bond acceptors (Lipinski definition) is 0. The van der Waals surface area contributed by atoms with Gasteiger partial charge in [0.2, 0.25) is 0 Å². The number of benzene rings is 1. The van der Waals surface area contributed by atoms with E-state index in [9.17, 15) is 0 Å². The van der Waals surface area contributed by atoms with Crippen LogP contribution < -0.4 is 0 Å². The molecule has 1 aromatic carbocycles. The van der Waals surface area contributed by atoms with Crippen molar-refractivity contribution in [2.24, 2.45) is 17.8 Å². The molecule has 0 aromatic heterocycles. The summed E-state index contributed by atoms with van der Waals surface area (Å²) >= 11 is 6.60. The molecular formula is C17H23Cl. The lowest BCUT2D eigenvalue weighted by atomic mass is 9.84. The first-order valence-electron chi connectivity index (χ1n) is 7.41. The highest BCUT2D eigenvalue weighted by Crippen LogP contribution is 2.50. The minimum absolute atomic E-state index is 0.329. The van der Waals surface area contributed by atoms with Crippen LogP contribution in [0, 0.1) is 24.7 Å². The Bertz CT molecular complexity index is 412. The largest absolute Gasteiger partial charge is 0.123 e. The van der Waals surface area contributed by atoms with Crippen molar-refractivity contribution >= 4 is 11.6 Å². The Morgan fingerprint density at radius 1 is 1.22 bits per heavy atom. The molecule has 18 heavy (non-hydrogen) atoms. The van der Waals surface area contributed by atoms with Crippen molar-refractivity contribution < 1.29 is 0 Å². The second-order valence-electron chi connectivity index (χ2n) is 6.40. The Balaban J connectivity index is 1.56. The van der Waals surface area contributed by atoms with Crippen molar-refractivity contribution in [1.29, 1.82) is 0 Å². The number of aryl methyl sites for hydroxylation is 1. The maximum Gasteiger partial charge on any atom is 0.0379 e. The molecular weight excluding hydrogens is 240 g/mol. The Labute approximate surface area is 116 Å². The molecule has 0 radical (unpaired) electrons. The molecule has 0 spiro atoms. The number of hydrogen-bond donors (Lipinski definition) is 0. The summed E-state index contributed by atoms with van der Waals surface area (Å²) < 4.78 is 0. The van der Waals surface area contributed by atoms with Crippen molar-refractivity contribution in [1.82, 2.24) is 0 Å². The molecule has 4 unspecified atom stereocenters. The van der Waals surface area contributed by atoms with Crippen LogP contribution in [0.2, 0.25) is 0 Å². The summed E-state index contributed by atoms with van der Waals surface area (Å²) in [5, 5.41) is 0.329. The van der Waals surface area contributed by atoms with Crippen LogP contribution in [0.1, 0.15) is 43.2 Å². The second kappa shape index (κ2) is 5.25. The molecule has 98 valence electrons. The summed E-state index contributed by atoms with van der Waals surface area (Å²) in [5.41, 5.74) is 2.82. The van der Waals surface area contributed by atoms with E-state index in [1.807, 2.05) is 0 Å². The van der Waals surface area contributed by atoms with Gasteiger partial charge in [0.25, 0.3) is 0 Å². The summed E-state index contributed by atoms with van der Waals surface area (Å²) in [6.45, 7) is 2.19. The predicted octanol–water partition coefficient (Wildman–Crippen LogP) is 4.97. The van der Waals surface area contributed by atoms with Gasteiger partial charge in [-0.3, -0.25) is 0 Å². The van der Waals surface area contributed by atoms with E-state index in [0.717, 1.165) is 24.2 Å². The number of rotatable bonds is 4. The zero-order valence-electron chi connectivity index (χ0n) is 11.2. The first kappa shape index (κ1) is 12.5. The van der Waals surface area contributed by atoms with Gasteiger partial charge in [-0.15, -0.1) is 11.6 Å². The molecule has 0 aliphatic heterocycles. The molecule has 3 rings (SSSR count). The molecule has 1 aromatic rings. The Morgan fingerprint density at radius 2 is 2.06 bits per heavy atom. The Hall–Kier alpha value is -0.490. The molecule has 0 amide bonds. The van der Waals surface area contributed by atoms with Gasteiger partial charge in [-0.2, -0.15) is 0 Å². The van der Waals surface area contributed by atoms with E-state index in [-0.39, 0.29) is 0 Å². The van der Waals surface area contributed by atoms with Gasteiger partial charge in [0.1, 0.15) is 0 Å². The third-order valence-corrected chi connectivity index (χ3v) is 5.48. The number of halogens is 1. The highest BCUT2D eigenvalue weighted by atomic mass is 35.5. The van der Waals surface area contributed by atoms with Gasteiger partial charge in [0.05, 0.1) is 0 Å². The molecule has 2 bridgehead atoms. The summed E-state index contributed by atoms with van der Waals surface area (Å²) in [5.74, 6) is 2.98. The van der Waals surface area contributed by atoms with Crippen LogP contribution in [0.3, 0.4) is 0 Å². The third kappa shape index (κ3) is 2.59. The monoisotopic (exact) mass is 262 g/mol. The van der Waals surface area contributed by atoms with Crippen molar-refractivity contribution in [3.05, 3.63) is 35.4 Å². The fraction of sp³-hybridized carbons (Fsp3) is 0.647. The fourth-order valence-electron chi connectivity index (χ4n) is 4.15. The van der Waals surface area contributed by atoms with Gasteiger partial charge >= 0.3 is 0 Å². The zero-order chi connectivity index (χ0) is 12.5. The molecule has 4 atom stereocenters. The van der Waals surface area contributed by atoms with Crippen molar-refractivity contribution in [3.63, 3.8) is 0 Å². The van der Waals surface area contributed by atoms with Gasteiger partial charge in [0, 0.05) is 5.38 Å². The van der Waals surface area contributed by atoms with E-state index in [0.29, 0.717) is 5.38 Å². The Kier molecular flexibility index (Phi) is 3.66. The standard InChI is InChI=1S/C17H23Cl/c1-12-4-2-3-5-14(12)10-17(18)11-16-9-13-6-7-15(16)8-13/h2-5,13,15-17H,6-11H2,1H3. The smallest absolute Gasteiger partial charge is 0.0379 e. The highest BCUT2D eigenvalue weighted by Gasteiger charge is 2.39. The second-order valence-corrected chi connectivity index (χ2v) is 7.02. The normalized spacial score (nSPS) is 31.8. The summed E-state index contributed by atoms with van der Waals surface area (Å²) in [7, 11) is 0. The van der Waals surface area contributed by atoms with Crippen molar-refractivity contribution in [3.8, 4) is 0 Å². The van der Waals surface area contributed by atoms with E-state index in [4.69, 9.17) is 11.6 Å². The zero-order valence-corrected chi connectivity index (χ0v) is 12.0. The van der Waals surface area contributed by atoms with Gasteiger partial charge in [0.15, 0.2) is 0 Å². The van der Waals surface area contributed by atoms with E-state index in [1.165, 1.54) is 43.2 Å². The molecule has 2 saturated carbocycles. The van der Waals surface area contributed by atoms with E-state index in [1.54, 1.807) is 0 Å². The molecule has 0 saturated heterocycles. The minimum atomic E-state index is 0.329. The SMILES string of the molecule is Cc1ccccc1CC(Cl)CC1CC2CCC1C2. The lowest BCUT2D eigenvalue weighted by Gasteiger charge is -2.24. The van der Waals surface area contributed by atoms with Crippen LogP contribution in [0.4, 0.5) is 0 Å². The fourth-order valence-corrected chi connectivity index (χ4v) is 4.55. The molecule has 2 aliphatic rings. The highest BCUT2D eigenvalue weighted by molar-refractivity contribution is 6.20. The van der Waals surface area contributed by atoms with Crippen LogP contribution in [0.5, 0.6) is 0 Å². The molecule has 1 heteroatoms. The molecule has 2 aliphatic carbocycles. The van der Waals surface area contributed by atoms with Gasteiger partial charge in [-0.05, 0) is 67.9 Å². The molecule has 0 heterocycles. The lowest BCUT2D eigenvalue weighted by molar-refractivity contribution is 0.310. The van der Waals surface area contributed by atoms with Crippen LogP contribution >= 0.6 is 11.6 Å². The molecule has 0 nitrogen and oxygen atoms in total. The number of fused-ring (bicyclic) bond motifs is 2. The van der Waals surface area contributed by atoms with Gasteiger partial charge < -0.3 is 0 Å². The van der Waals surface area contributed by atoms with Gasteiger partial charge in [-0.1, -0.05) is 30.7 Å². The average Bonchev–Trinajstić information content (AvgIpc) is 2.94. The minimum Gasteiger partial charge on any atom is -0.123 e. The summed E-state index contributed by atoms with van der Waals surface area (Å²) in [4.78, 5) is 0. The summed E-state index contributed by atoms with van der Waals surface area (Å²) in [6.07, 6.45) is 8.20. The van der Waals surface area contributed by atoms with Gasteiger partial charge in [-0.25, -0.2) is 0 Å². The quantitative estimate of drug-likeness (QED) is 0.672. The van der Waals surface area contributed by atoms with E-state index >= 15 is 0 Å². The lowest BCUT2D eigenvalue weighted by Crippen LogP contribution is -2.17. The first-order valence-corrected chi connectivity index (χ1v) is 7.84. The van der Waals surface area contributed by atoms with Crippen molar-refractivity contribution in [2.75, 3.05) is 0 Å². The molecule has 2 fully saturated rings. The van der Waals surface area contributed by atoms with Crippen LogP contribution in [0.25, 0.3) is 0 Å². The topological polar surface area (TPSA) is 0 Å². The van der Waals surface area contributed by atoms with Crippen LogP contribution in [0.15, 0.2) is 24.3 Å². The third-order valence-electron chi connectivity index (χ3n) is 5.15. The maximum atomic E-state index is 6.60. The van der Waals surface area contributed by atoms with Crippen LogP contribution in [-0.4, -0.2) is 5.38 Å². The first-order chi connectivity index (χ1) is 8.72. The van der Waals surface area contributed by atoms with E-state index < -0.39 is 0 Å². The predicted molar refractivity (Wildman–Crippen MR) is 78.1 cm³/mol.